The summed E-state index contributed by atoms with van der Waals surface area (Å²) in [6.45, 7) is 2.10. The molecule has 0 aromatic heterocycles. The van der Waals surface area contributed by atoms with Crippen LogP contribution >= 0.6 is 15.9 Å². The van der Waals surface area contributed by atoms with Crippen LogP contribution in [0.25, 0.3) is 0 Å². The van der Waals surface area contributed by atoms with Gasteiger partial charge in [-0.15, -0.1) is 0 Å². The Morgan fingerprint density at radius 3 is 2.67 bits per heavy atom. The van der Waals surface area contributed by atoms with Crippen molar-refractivity contribution in [3.63, 3.8) is 0 Å². The van der Waals surface area contributed by atoms with Gasteiger partial charge in [0, 0.05) is 10.5 Å². The fourth-order valence-electron chi connectivity index (χ4n) is 1.85. The van der Waals surface area contributed by atoms with E-state index in [9.17, 15) is 13.6 Å². The van der Waals surface area contributed by atoms with Crippen LogP contribution in [0.1, 0.15) is 6.92 Å². The van der Waals surface area contributed by atoms with Crippen LogP contribution in [0.5, 0.6) is 11.5 Å². The van der Waals surface area contributed by atoms with E-state index in [1.807, 2.05) is 18.2 Å². The Kier molecular flexibility index (Phi) is 6.54. The maximum absolute atomic E-state index is 13.1. The van der Waals surface area contributed by atoms with Gasteiger partial charge in [0.2, 0.25) is 0 Å². The van der Waals surface area contributed by atoms with Crippen molar-refractivity contribution < 1.29 is 23.0 Å². The predicted molar refractivity (Wildman–Crippen MR) is 89.1 cm³/mol. The van der Waals surface area contributed by atoms with E-state index in [0.29, 0.717) is 12.4 Å². The molecule has 1 N–H and O–H groups in total. The first kappa shape index (κ1) is 18.2. The maximum atomic E-state index is 13.1. The topological polar surface area (TPSA) is 47.6 Å². The summed E-state index contributed by atoms with van der Waals surface area (Å²) in [5, 5.41) is 2.65. The Hall–Kier alpha value is -2.15. The van der Waals surface area contributed by atoms with Crippen LogP contribution in [0.15, 0.2) is 46.9 Å². The van der Waals surface area contributed by atoms with Crippen LogP contribution in [0.4, 0.5) is 8.78 Å². The highest BCUT2D eigenvalue weighted by Gasteiger charge is 2.15. The number of ether oxygens (including phenoxy) is 2. The maximum Gasteiger partial charge on any atom is 0.260 e. The first-order valence-corrected chi connectivity index (χ1v) is 8.03. The molecule has 0 saturated carbocycles. The first-order chi connectivity index (χ1) is 11.5. The van der Waals surface area contributed by atoms with Gasteiger partial charge in [0.15, 0.2) is 17.7 Å². The molecule has 2 aromatic carbocycles. The number of carbonyl (C=O) groups is 1. The van der Waals surface area contributed by atoms with Crippen molar-refractivity contribution in [1.29, 1.82) is 0 Å². The number of nitrogens with one attached hydrogen (secondary N) is 1. The third-order valence-electron chi connectivity index (χ3n) is 3.04. The Labute approximate surface area is 146 Å². The summed E-state index contributed by atoms with van der Waals surface area (Å²) in [5.41, 5.74) is 0. The molecule has 0 heterocycles. The first-order valence-electron chi connectivity index (χ1n) is 7.23. The minimum atomic E-state index is -1.03. The SMILES string of the molecule is CC(Oc1ccc(F)c(F)c1)C(=O)NCCOc1cccc(Br)c1. The lowest BCUT2D eigenvalue weighted by molar-refractivity contribution is -0.127. The fraction of sp³-hybridized carbons (Fsp3) is 0.235. The second-order valence-electron chi connectivity index (χ2n) is 4.93. The Morgan fingerprint density at radius 2 is 1.96 bits per heavy atom. The van der Waals surface area contributed by atoms with Gasteiger partial charge in [-0.25, -0.2) is 8.78 Å². The molecule has 0 aliphatic heterocycles. The Bertz CT molecular complexity index is 712. The molecule has 4 nitrogen and oxygen atoms in total. The molecule has 2 rings (SSSR count). The lowest BCUT2D eigenvalue weighted by Crippen LogP contribution is -2.38. The van der Waals surface area contributed by atoms with E-state index in [2.05, 4.69) is 21.2 Å². The summed E-state index contributed by atoms with van der Waals surface area (Å²) >= 11 is 3.34. The van der Waals surface area contributed by atoms with E-state index >= 15 is 0 Å². The van der Waals surface area contributed by atoms with E-state index < -0.39 is 17.7 Å². The number of rotatable bonds is 7. The minimum Gasteiger partial charge on any atom is -0.492 e. The highest BCUT2D eigenvalue weighted by Crippen LogP contribution is 2.18. The minimum absolute atomic E-state index is 0.0851. The summed E-state index contributed by atoms with van der Waals surface area (Å²) in [5.74, 6) is -1.60. The molecule has 0 saturated heterocycles. The third-order valence-corrected chi connectivity index (χ3v) is 3.53. The smallest absolute Gasteiger partial charge is 0.260 e. The van der Waals surface area contributed by atoms with Gasteiger partial charge in [-0.2, -0.15) is 0 Å². The van der Waals surface area contributed by atoms with Crippen molar-refractivity contribution in [2.45, 2.75) is 13.0 Å². The zero-order valence-electron chi connectivity index (χ0n) is 12.9. The average molecular weight is 400 g/mol. The summed E-state index contributed by atoms with van der Waals surface area (Å²) in [6, 6.07) is 10.5. The van der Waals surface area contributed by atoms with Gasteiger partial charge >= 0.3 is 0 Å². The van der Waals surface area contributed by atoms with Crippen LogP contribution in [-0.4, -0.2) is 25.2 Å². The molecule has 24 heavy (non-hydrogen) atoms. The van der Waals surface area contributed by atoms with Crippen molar-refractivity contribution in [2.75, 3.05) is 13.2 Å². The second kappa shape index (κ2) is 8.63. The average Bonchev–Trinajstić information content (AvgIpc) is 2.55. The molecule has 0 spiro atoms. The molecule has 1 unspecified atom stereocenters. The molecule has 128 valence electrons. The fourth-order valence-corrected chi connectivity index (χ4v) is 2.23. The molecule has 0 bridgehead atoms. The zero-order chi connectivity index (χ0) is 17.5. The number of carbonyl (C=O) groups excluding carboxylic acids is 1. The van der Waals surface area contributed by atoms with E-state index in [1.54, 1.807) is 6.07 Å². The van der Waals surface area contributed by atoms with Gasteiger partial charge in [0.05, 0.1) is 6.54 Å². The van der Waals surface area contributed by atoms with Gasteiger partial charge in [0.1, 0.15) is 18.1 Å². The lowest BCUT2D eigenvalue weighted by Gasteiger charge is -2.15. The van der Waals surface area contributed by atoms with E-state index in [4.69, 9.17) is 9.47 Å². The van der Waals surface area contributed by atoms with Crippen LogP contribution in [-0.2, 0) is 4.79 Å². The van der Waals surface area contributed by atoms with Gasteiger partial charge in [0.25, 0.3) is 5.91 Å². The molecule has 0 fully saturated rings. The second-order valence-corrected chi connectivity index (χ2v) is 5.85. The largest absolute Gasteiger partial charge is 0.492 e. The van der Waals surface area contributed by atoms with E-state index in [1.165, 1.54) is 13.0 Å². The lowest BCUT2D eigenvalue weighted by atomic mass is 10.3. The van der Waals surface area contributed by atoms with Crippen molar-refractivity contribution in [2.24, 2.45) is 0 Å². The number of benzene rings is 2. The van der Waals surface area contributed by atoms with Crippen molar-refractivity contribution >= 4 is 21.8 Å². The third kappa shape index (κ3) is 5.49. The van der Waals surface area contributed by atoms with Gasteiger partial charge in [-0.3, -0.25) is 4.79 Å². The summed E-state index contributed by atoms with van der Waals surface area (Å²) in [6.07, 6.45) is -0.847. The number of hydrogen-bond acceptors (Lipinski definition) is 3. The molecule has 1 amide bonds. The number of amides is 1. The molecular formula is C17H16BrF2NO3. The number of halogens is 3. The van der Waals surface area contributed by atoms with E-state index in [0.717, 1.165) is 16.6 Å². The summed E-state index contributed by atoms with van der Waals surface area (Å²) in [7, 11) is 0. The zero-order valence-corrected chi connectivity index (χ0v) is 14.5. The summed E-state index contributed by atoms with van der Waals surface area (Å²) in [4.78, 5) is 11.9. The molecule has 0 aliphatic carbocycles. The molecule has 0 radical (unpaired) electrons. The Morgan fingerprint density at radius 1 is 1.17 bits per heavy atom. The van der Waals surface area contributed by atoms with Crippen LogP contribution in [0.2, 0.25) is 0 Å². The van der Waals surface area contributed by atoms with Crippen molar-refractivity contribution in [1.82, 2.24) is 5.32 Å². The van der Waals surface area contributed by atoms with Crippen LogP contribution in [0.3, 0.4) is 0 Å². The van der Waals surface area contributed by atoms with Gasteiger partial charge in [-0.05, 0) is 37.3 Å². The summed E-state index contributed by atoms with van der Waals surface area (Å²) < 4.78 is 37.6. The highest BCUT2D eigenvalue weighted by atomic mass is 79.9. The molecule has 2 aromatic rings. The quantitative estimate of drug-likeness (QED) is 0.722. The molecule has 1 atom stereocenters. The highest BCUT2D eigenvalue weighted by molar-refractivity contribution is 9.10. The number of hydrogen-bond donors (Lipinski definition) is 1. The van der Waals surface area contributed by atoms with E-state index in [-0.39, 0.29) is 18.2 Å². The molecule has 7 heteroatoms. The predicted octanol–water partition coefficient (Wildman–Crippen LogP) is 3.69. The molecule has 0 aliphatic rings. The van der Waals surface area contributed by atoms with Crippen molar-refractivity contribution in [3.8, 4) is 11.5 Å². The standard InChI is InChI=1S/C17H16BrF2NO3/c1-11(24-14-5-6-15(19)16(20)10-14)17(22)21-7-8-23-13-4-2-3-12(18)9-13/h2-6,9-11H,7-8H2,1H3,(H,21,22). The normalized spacial score (nSPS) is 11.7. The Balaban J connectivity index is 1.74. The molecular weight excluding hydrogens is 384 g/mol. The monoisotopic (exact) mass is 399 g/mol. The van der Waals surface area contributed by atoms with Crippen LogP contribution < -0.4 is 14.8 Å². The van der Waals surface area contributed by atoms with Gasteiger partial charge < -0.3 is 14.8 Å². The van der Waals surface area contributed by atoms with Crippen LogP contribution in [0, 0.1) is 11.6 Å². The van der Waals surface area contributed by atoms with Gasteiger partial charge in [-0.1, -0.05) is 22.0 Å². The van der Waals surface area contributed by atoms with Crippen molar-refractivity contribution in [3.05, 3.63) is 58.6 Å².